The van der Waals surface area contributed by atoms with E-state index in [2.05, 4.69) is 21.2 Å². The minimum absolute atomic E-state index is 0.0233. The molecule has 0 radical (unpaired) electrons. The van der Waals surface area contributed by atoms with Crippen molar-refractivity contribution in [2.75, 3.05) is 0 Å². The summed E-state index contributed by atoms with van der Waals surface area (Å²) in [7, 11) is 0. The van der Waals surface area contributed by atoms with Crippen LogP contribution in [0.3, 0.4) is 0 Å². The van der Waals surface area contributed by atoms with Crippen LogP contribution in [-0.4, -0.2) is 28.8 Å². The van der Waals surface area contributed by atoms with Gasteiger partial charge in [0.25, 0.3) is 0 Å². The molecule has 2 rings (SSSR count). The molecule has 0 saturated carbocycles. The Balaban J connectivity index is 2.35. The summed E-state index contributed by atoms with van der Waals surface area (Å²) in [6.07, 6.45) is 0. The second-order valence-electron chi connectivity index (χ2n) is 6.16. The lowest BCUT2D eigenvalue weighted by atomic mass is 9.83. The zero-order valence-corrected chi connectivity index (χ0v) is 14.5. The normalized spacial score (nSPS) is 23.9. The first-order valence-electron chi connectivity index (χ1n) is 6.54. The van der Waals surface area contributed by atoms with Gasteiger partial charge in [0.2, 0.25) is 11.8 Å². The van der Waals surface area contributed by atoms with Crippen molar-refractivity contribution in [3.05, 3.63) is 20.8 Å². The van der Waals surface area contributed by atoms with Gasteiger partial charge in [-0.15, -0.1) is 11.3 Å². The summed E-state index contributed by atoms with van der Waals surface area (Å²) >= 11 is 5.07. The highest BCUT2D eigenvalue weighted by Gasteiger charge is 2.44. The molecular formula is C14H19BrN2O2S. The summed E-state index contributed by atoms with van der Waals surface area (Å²) in [6, 6.07) is 1.06. The van der Waals surface area contributed by atoms with Crippen LogP contribution in [0.4, 0.5) is 0 Å². The maximum Gasteiger partial charge on any atom is 0.245 e. The summed E-state index contributed by atoms with van der Waals surface area (Å²) in [5.74, 6) is -0.0953. The van der Waals surface area contributed by atoms with Crippen LogP contribution >= 0.6 is 27.3 Å². The standard InChI is InChI=1S/C14H19BrN2O2S/c1-8-13(19)17(7-10-9(15)5-6-20-10)11(12(18)16-8)14(2,3)4/h5-6,8,11H,7H2,1-4H3,(H,16,18). The van der Waals surface area contributed by atoms with Gasteiger partial charge in [-0.05, 0) is 39.7 Å². The van der Waals surface area contributed by atoms with Gasteiger partial charge < -0.3 is 10.2 Å². The molecule has 2 amide bonds. The predicted octanol–water partition coefficient (Wildman–Crippen LogP) is 2.77. The Morgan fingerprint density at radius 2 is 2.05 bits per heavy atom. The molecule has 110 valence electrons. The first-order chi connectivity index (χ1) is 9.21. The second-order valence-corrected chi connectivity index (χ2v) is 8.01. The van der Waals surface area contributed by atoms with Crippen LogP contribution < -0.4 is 5.32 Å². The lowest BCUT2D eigenvalue weighted by molar-refractivity contribution is -0.154. The largest absolute Gasteiger partial charge is 0.343 e. The van der Waals surface area contributed by atoms with Gasteiger partial charge in [-0.1, -0.05) is 20.8 Å². The molecule has 6 heteroatoms. The van der Waals surface area contributed by atoms with Gasteiger partial charge in [0, 0.05) is 9.35 Å². The smallest absolute Gasteiger partial charge is 0.245 e. The summed E-state index contributed by atoms with van der Waals surface area (Å²) in [5.41, 5.74) is -0.302. The molecule has 2 atom stereocenters. The van der Waals surface area contributed by atoms with Gasteiger partial charge in [-0.2, -0.15) is 0 Å². The van der Waals surface area contributed by atoms with E-state index in [1.165, 1.54) is 0 Å². The first kappa shape index (κ1) is 15.5. The molecule has 0 bridgehead atoms. The van der Waals surface area contributed by atoms with Crippen molar-refractivity contribution < 1.29 is 9.59 Å². The molecule has 20 heavy (non-hydrogen) atoms. The molecule has 1 saturated heterocycles. The number of rotatable bonds is 2. The molecule has 1 aliphatic rings. The zero-order valence-electron chi connectivity index (χ0n) is 12.1. The van der Waals surface area contributed by atoms with E-state index in [9.17, 15) is 9.59 Å². The Kier molecular flexibility index (Phi) is 4.25. The van der Waals surface area contributed by atoms with Crippen molar-refractivity contribution in [2.45, 2.75) is 46.3 Å². The van der Waals surface area contributed by atoms with Crippen LogP contribution in [0.1, 0.15) is 32.6 Å². The van der Waals surface area contributed by atoms with Crippen LogP contribution in [0.5, 0.6) is 0 Å². The average molecular weight is 359 g/mol. The van der Waals surface area contributed by atoms with Gasteiger partial charge in [-0.25, -0.2) is 0 Å². The third-order valence-corrected chi connectivity index (χ3v) is 5.31. The molecular weight excluding hydrogens is 340 g/mol. The van der Waals surface area contributed by atoms with E-state index in [0.29, 0.717) is 6.54 Å². The Morgan fingerprint density at radius 3 is 2.55 bits per heavy atom. The Labute approximate surface area is 131 Å². The number of hydrogen-bond acceptors (Lipinski definition) is 3. The molecule has 1 aromatic heterocycles. The van der Waals surface area contributed by atoms with Crippen LogP contribution in [-0.2, 0) is 16.1 Å². The average Bonchev–Trinajstić information content (AvgIpc) is 2.69. The monoisotopic (exact) mass is 358 g/mol. The fourth-order valence-corrected chi connectivity index (χ4v) is 3.97. The molecule has 1 N–H and O–H groups in total. The number of nitrogens with zero attached hydrogens (tertiary/aromatic N) is 1. The number of carbonyl (C=O) groups is 2. The maximum atomic E-state index is 12.5. The van der Waals surface area contributed by atoms with Crippen LogP contribution in [0.15, 0.2) is 15.9 Å². The fraction of sp³-hybridized carbons (Fsp3) is 0.571. The minimum Gasteiger partial charge on any atom is -0.343 e. The number of piperazine rings is 1. The van der Waals surface area contributed by atoms with Crippen molar-refractivity contribution in [3.63, 3.8) is 0 Å². The topological polar surface area (TPSA) is 49.4 Å². The highest BCUT2D eigenvalue weighted by Crippen LogP contribution is 2.32. The lowest BCUT2D eigenvalue weighted by Crippen LogP contribution is -2.65. The molecule has 0 aliphatic carbocycles. The fourth-order valence-electron chi connectivity index (χ4n) is 2.49. The van der Waals surface area contributed by atoms with Crippen molar-refractivity contribution in [2.24, 2.45) is 5.41 Å². The molecule has 1 fully saturated rings. The van der Waals surface area contributed by atoms with Gasteiger partial charge in [0.15, 0.2) is 0 Å². The van der Waals surface area contributed by atoms with Crippen LogP contribution in [0, 0.1) is 5.41 Å². The second kappa shape index (κ2) is 5.48. The van der Waals surface area contributed by atoms with E-state index in [0.717, 1.165) is 9.35 Å². The number of amides is 2. The van der Waals surface area contributed by atoms with Crippen molar-refractivity contribution >= 4 is 39.1 Å². The summed E-state index contributed by atoms with van der Waals surface area (Å²) < 4.78 is 0.988. The van der Waals surface area contributed by atoms with Crippen LogP contribution in [0.2, 0.25) is 0 Å². The van der Waals surface area contributed by atoms with E-state index in [1.807, 2.05) is 32.2 Å². The molecule has 1 aliphatic heterocycles. The van der Waals surface area contributed by atoms with Crippen molar-refractivity contribution in [3.8, 4) is 0 Å². The van der Waals surface area contributed by atoms with Gasteiger partial charge >= 0.3 is 0 Å². The van der Waals surface area contributed by atoms with Crippen LogP contribution in [0.25, 0.3) is 0 Å². The molecule has 4 nitrogen and oxygen atoms in total. The summed E-state index contributed by atoms with van der Waals surface area (Å²) in [6.45, 7) is 8.15. The van der Waals surface area contributed by atoms with E-state index in [4.69, 9.17) is 0 Å². The molecule has 1 aromatic rings. The van der Waals surface area contributed by atoms with Crippen molar-refractivity contribution in [1.29, 1.82) is 0 Å². The van der Waals surface area contributed by atoms with Gasteiger partial charge in [0.1, 0.15) is 12.1 Å². The number of hydrogen-bond donors (Lipinski definition) is 1. The molecule has 0 aromatic carbocycles. The van der Waals surface area contributed by atoms with E-state index in [-0.39, 0.29) is 17.2 Å². The molecule has 0 spiro atoms. The minimum atomic E-state index is -0.458. The maximum absolute atomic E-state index is 12.5. The van der Waals surface area contributed by atoms with E-state index >= 15 is 0 Å². The quantitative estimate of drug-likeness (QED) is 0.883. The first-order valence-corrected chi connectivity index (χ1v) is 8.22. The zero-order chi connectivity index (χ0) is 15.1. The molecule has 2 unspecified atom stereocenters. The Morgan fingerprint density at radius 1 is 1.40 bits per heavy atom. The predicted molar refractivity (Wildman–Crippen MR) is 83.4 cm³/mol. The number of carbonyl (C=O) groups excluding carboxylic acids is 2. The van der Waals surface area contributed by atoms with Gasteiger partial charge in [-0.3, -0.25) is 9.59 Å². The third-order valence-electron chi connectivity index (χ3n) is 3.40. The third kappa shape index (κ3) is 2.91. The number of thiophene rings is 1. The lowest BCUT2D eigenvalue weighted by Gasteiger charge is -2.44. The van der Waals surface area contributed by atoms with E-state index in [1.54, 1.807) is 23.2 Å². The number of halogens is 1. The highest BCUT2D eigenvalue weighted by molar-refractivity contribution is 9.10. The van der Waals surface area contributed by atoms with E-state index < -0.39 is 12.1 Å². The van der Waals surface area contributed by atoms with Crippen molar-refractivity contribution in [1.82, 2.24) is 10.2 Å². The Bertz CT molecular complexity index is 536. The highest BCUT2D eigenvalue weighted by atomic mass is 79.9. The SMILES string of the molecule is CC1NC(=O)C(C(C)(C)C)N(Cc2sccc2Br)C1=O. The summed E-state index contributed by atoms with van der Waals surface area (Å²) in [4.78, 5) is 27.5. The molecule has 2 heterocycles. The van der Waals surface area contributed by atoms with Gasteiger partial charge in [0.05, 0.1) is 6.54 Å². The Hall–Kier alpha value is -0.880. The number of nitrogens with one attached hydrogen (secondary N) is 1. The summed E-state index contributed by atoms with van der Waals surface area (Å²) in [5, 5.41) is 4.75.